The summed E-state index contributed by atoms with van der Waals surface area (Å²) in [6, 6.07) is 0.606. The van der Waals surface area contributed by atoms with Crippen LogP contribution in [0.25, 0.3) is 0 Å². The van der Waals surface area contributed by atoms with Crippen molar-refractivity contribution in [2.75, 3.05) is 7.05 Å². The molecule has 1 aromatic rings. The van der Waals surface area contributed by atoms with Gasteiger partial charge in [0.1, 0.15) is 0 Å². The van der Waals surface area contributed by atoms with Crippen molar-refractivity contribution in [2.24, 2.45) is 10.9 Å². The van der Waals surface area contributed by atoms with E-state index in [1.165, 1.54) is 11.3 Å². The Bertz CT molecular complexity index is 385. The Labute approximate surface area is 100 Å². The van der Waals surface area contributed by atoms with Crippen molar-refractivity contribution in [3.63, 3.8) is 0 Å². The van der Waals surface area contributed by atoms with Gasteiger partial charge >= 0.3 is 0 Å². The number of aromatic nitrogens is 1. The summed E-state index contributed by atoms with van der Waals surface area (Å²) in [4.78, 5) is 9.67. The zero-order chi connectivity index (χ0) is 11.5. The van der Waals surface area contributed by atoms with Crippen molar-refractivity contribution < 1.29 is 0 Å². The van der Waals surface area contributed by atoms with Gasteiger partial charge < -0.3 is 10.6 Å². The van der Waals surface area contributed by atoms with Crippen LogP contribution in [0, 0.1) is 12.8 Å². The topological polar surface area (TPSA) is 49.3 Å². The number of aliphatic imine (C=N–C) groups is 1. The maximum Gasteiger partial charge on any atom is 0.191 e. The highest BCUT2D eigenvalue weighted by Gasteiger charge is 2.33. The smallest absolute Gasteiger partial charge is 0.191 e. The zero-order valence-electron chi connectivity index (χ0n) is 9.95. The number of thiazole rings is 1. The maximum atomic E-state index is 4.22. The normalized spacial score (nSPS) is 24.3. The molecule has 5 heteroatoms. The number of nitrogens with zero attached hydrogens (tertiary/aromatic N) is 2. The minimum Gasteiger partial charge on any atom is -0.353 e. The molecule has 0 aliphatic heterocycles. The van der Waals surface area contributed by atoms with Gasteiger partial charge in [0.2, 0.25) is 0 Å². The summed E-state index contributed by atoms with van der Waals surface area (Å²) in [6.45, 7) is 5.07. The molecule has 1 aromatic heterocycles. The number of guanidine groups is 1. The van der Waals surface area contributed by atoms with Crippen molar-refractivity contribution >= 4 is 17.3 Å². The molecule has 16 heavy (non-hydrogen) atoms. The molecule has 2 unspecified atom stereocenters. The lowest BCUT2D eigenvalue weighted by atomic mass is 10.5. The summed E-state index contributed by atoms with van der Waals surface area (Å²) in [7, 11) is 1.81. The van der Waals surface area contributed by atoms with Crippen LogP contribution < -0.4 is 10.6 Å². The molecule has 0 aromatic carbocycles. The van der Waals surface area contributed by atoms with Gasteiger partial charge in [-0.2, -0.15) is 0 Å². The summed E-state index contributed by atoms with van der Waals surface area (Å²) in [6.07, 6.45) is 3.17. The van der Waals surface area contributed by atoms with Crippen LogP contribution in [-0.2, 0) is 6.54 Å². The Balaban J connectivity index is 1.79. The average Bonchev–Trinajstić information content (AvgIpc) is 2.78. The first-order valence-electron chi connectivity index (χ1n) is 5.57. The Morgan fingerprint density at radius 2 is 2.44 bits per heavy atom. The van der Waals surface area contributed by atoms with Crippen LogP contribution in [0.1, 0.15) is 23.2 Å². The fraction of sp³-hybridized carbons (Fsp3) is 0.636. The van der Waals surface area contributed by atoms with E-state index < -0.39 is 0 Å². The molecule has 2 N–H and O–H groups in total. The summed E-state index contributed by atoms with van der Waals surface area (Å²) in [5.41, 5.74) is 0. The third kappa shape index (κ3) is 2.95. The first kappa shape index (κ1) is 11.4. The summed E-state index contributed by atoms with van der Waals surface area (Å²) in [5.74, 6) is 1.67. The molecule has 1 fully saturated rings. The van der Waals surface area contributed by atoms with Crippen LogP contribution in [0.3, 0.4) is 0 Å². The molecule has 2 atom stereocenters. The van der Waals surface area contributed by atoms with E-state index in [2.05, 4.69) is 27.5 Å². The van der Waals surface area contributed by atoms with Crippen LogP contribution in [0.5, 0.6) is 0 Å². The van der Waals surface area contributed by atoms with E-state index in [9.17, 15) is 0 Å². The quantitative estimate of drug-likeness (QED) is 0.620. The predicted molar refractivity (Wildman–Crippen MR) is 67.8 cm³/mol. The molecule has 1 saturated carbocycles. The van der Waals surface area contributed by atoms with Crippen LogP contribution in [-0.4, -0.2) is 24.0 Å². The van der Waals surface area contributed by atoms with E-state index in [-0.39, 0.29) is 0 Å². The molecule has 0 amide bonds. The number of nitrogens with one attached hydrogen (secondary N) is 2. The molecule has 4 nitrogen and oxygen atoms in total. The second-order valence-electron chi connectivity index (χ2n) is 4.24. The van der Waals surface area contributed by atoms with Crippen molar-refractivity contribution in [1.82, 2.24) is 15.6 Å². The lowest BCUT2D eigenvalue weighted by Gasteiger charge is -2.10. The number of rotatable bonds is 3. The van der Waals surface area contributed by atoms with Crippen molar-refractivity contribution in [1.29, 1.82) is 0 Å². The molecule has 88 valence electrons. The van der Waals surface area contributed by atoms with Gasteiger partial charge in [0, 0.05) is 24.2 Å². The largest absolute Gasteiger partial charge is 0.353 e. The van der Waals surface area contributed by atoms with Gasteiger partial charge in [-0.05, 0) is 19.3 Å². The van der Waals surface area contributed by atoms with E-state index in [0.717, 1.165) is 23.4 Å². The number of hydrogen-bond acceptors (Lipinski definition) is 3. The van der Waals surface area contributed by atoms with Crippen molar-refractivity contribution in [2.45, 2.75) is 32.9 Å². The van der Waals surface area contributed by atoms with Gasteiger partial charge in [0.25, 0.3) is 0 Å². The highest BCUT2D eigenvalue weighted by Crippen LogP contribution is 2.28. The van der Waals surface area contributed by atoms with Gasteiger partial charge in [-0.3, -0.25) is 4.99 Å². The predicted octanol–water partition coefficient (Wildman–Crippen LogP) is 1.52. The lowest BCUT2D eigenvalue weighted by molar-refractivity contribution is 0.766. The second kappa shape index (κ2) is 4.82. The molecule has 1 aliphatic rings. The number of aryl methyl sites for hydroxylation is 1. The molecule has 1 heterocycles. The maximum absolute atomic E-state index is 4.22. The summed E-state index contributed by atoms with van der Waals surface area (Å²) < 4.78 is 0. The average molecular weight is 238 g/mol. The standard InChI is InChI=1S/C11H18N4S/c1-7-4-10(7)15-11(12-3)14-6-9-5-13-8(2)16-9/h5,7,10H,4,6H2,1-3H3,(H2,12,14,15). The Kier molecular flexibility index (Phi) is 3.43. The van der Waals surface area contributed by atoms with E-state index in [1.807, 2.05) is 13.1 Å². The molecule has 1 aliphatic carbocycles. The zero-order valence-corrected chi connectivity index (χ0v) is 10.8. The van der Waals surface area contributed by atoms with Gasteiger partial charge in [0.05, 0.1) is 11.6 Å². The summed E-state index contributed by atoms with van der Waals surface area (Å²) in [5, 5.41) is 7.80. The van der Waals surface area contributed by atoms with Crippen LogP contribution in [0.15, 0.2) is 11.2 Å². The molecule has 0 saturated heterocycles. The molecular formula is C11H18N4S. The van der Waals surface area contributed by atoms with E-state index in [4.69, 9.17) is 0 Å². The molecule has 0 radical (unpaired) electrons. The molecular weight excluding hydrogens is 220 g/mol. The van der Waals surface area contributed by atoms with E-state index in [0.29, 0.717) is 6.04 Å². The van der Waals surface area contributed by atoms with Crippen LogP contribution in [0.2, 0.25) is 0 Å². The van der Waals surface area contributed by atoms with E-state index in [1.54, 1.807) is 18.4 Å². The first-order valence-corrected chi connectivity index (χ1v) is 6.39. The van der Waals surface area contributed by atoms with Gasteiger partial charge in [-0.15, -0.1) is 11.3 Å². The third-order valence-corrected chi connectivity index (χ3v) is 3.67. The van der Waals surface area contributed by atoms with Gasteiger partial charge in [-0.1, -0.05) is 6.92 Å². The second-order valence-corrected chi connectivity index (χ2v) is 5.55. The van der Waals surface area contributed by atoms with Gasteiger partial charge in [-0.25, -0.2) is 4.98 Å². The van der Waals surface area contributed by atoms with E-state index >= 15 is 0 Å². The minimum absolute atomic E-state index is 0.606. The Hall–Kier alpha value is -1.10. The molecule has 0 bridgehead atoms. The van der Waals surface area contributed by atoms with Crippen LogP contribution >= 0.6 is 11.3 Å². The van der Waals surface area contributed by atoms with Gasteiger partial charge in [0.15, 0.2) is 5.96 Å². The van der Waals surface area contributed by atoms with Crippen LogP contribution in [0.4, 0.5) is 0 Å². The van der Waals surface area contributed by atoms with Crippen molar-refractivity contribution in [3.05, 3.63) is 16.1 Å². The fourth-order valence-electron chi connectivity index (χ4n) is 1.55. The fourth-order valence-corrected chi connectivity index (χ4v) is 2.29. The highest BCUT2D eigenvalue weighted by atomic mass is 32.1. The minimum atomic E-state index is 0.606. The SMILES string of the molecule is CN=C(NCc1cnc(C)s1)NC1CC1C. The molecule has 0 spiro atoms. The Morgan fingerprint density at radius 3 is 2.94 bits per heavy atom. The Morgan fingerprint density at radius 1 is 1.69 bits per heavy atom. The summed E-state index contributed by atoms with van der Waals surface area (Å²) >= 11 is 1.72. The third-order valence-electron chi connectivity index (χ3n) is 2.75. The highest BCUT2D eigenvalue weighted by molar-refractivity contribution is 7.11. The monoisotopic (exact) mass is 238 g/mol. The first-order chi connectivity index (χ1) is 7.69. The number of hydrogen-bond donors (Lipinski definition) is 2. The molecule has 2 rings (SSSR count). The lowest BCUT2D eigenvalue weighted by Crippen LogP contribution is -2.38. The van der Waals surface area contributed by atoms with Crippen molar-refractivity contribution in [3.8, 4) is 0 Å².